The molecular formula is C21H25N3O3. The number of carbonyl (C=O) groups is 1. The fraction of sp³-hybridized carbons (Fsp3) is 0.381. The molecule has 0 fully saturated rings. The van der Waals surface area contributed by atoms with E-state index >= 15 is 0 Å². The lowest BCUT2D eigenvalue weighted by molar-refractivity contribution is -0.143. The lowest BCUT2D eigenvalue weighted by atomic mass is 9.90. The fourth-order valence-corrected chi connectivity index (χ4v) is 3.44. The van der Waals surface area contributed by atoms with E-state index in [0.29, 0.717) is 6.61 Å². The van der Waals surface area contributed by atoms with Crippen molar-refractivity contribution in [2.24, 2.45) is 7.05 Å². The van der Waals surface area contributed by atoms with E-state index in [-0.39, 0.29) is 24.9 Å². The first-order chi connectivity index (χ1) is 12.9. The number of ether oxygens (including phenoxy) is 1. The molecule has 0 spiro atoms. The second-order valence-corrected chi connectivity index (χ2v) is 6.80. The summed E-state index contributed by atoms with van der Waals surface area (Å²) in [5, 5.41) is 19.1. The van der Waals surface area contributed by atoms with Crippen LogP contribution in [0.1, 0.15) is 47.3 Å². The normalized spacial score (nSPS) is 12.3. The zero-order valence-corrected chi connectivity index (χ0v) is 16.2. The van der Waals surface area contributed by atoms with Crippen molar-refractivity contribution in [1.29, 1.82) is 0 Å². The number of aromatic nitrogens is 3. The number of aliphatic hydroxyl groups excluding tert-OH is 1. The van der Waals surface area contributed by atoms with Gasteiger partial charge >= 0.3 is 5.97 Å². The smallest absolute Gasteiger partial charge is 0.306 e. The van der Waals surface area contributed by atoms with Crippen LogP contribution in [0.25, 0.3) is 11.0 Å². The zero-order valence-electron chi connectivity index (χ0n) is 16.2. The Balaban J connectivity index is 2.12. The van der Waals surface area contributed by atoms with Crippen LogP contribution in [0.15, 0.2) is 30.3 Å². The van der Waals surface area contributed by atoms with Crippen molar-refractivity contribution >= 4 is 17.0 Å². The van der Waals surface area contributed by atoms with Crippen LogP contribution in [0.4, 0.5) is 0 Å². The van der Waals surface area contributed by atoms with Crippen LogP contribution in [0.2, 0.25) is 0 Å². The lowest BCUT2D eigenvalue weighted by Gasteiger charge is -2.19. The Morgan fingerprint density at radius 1 is 1.22 bits per heavy atom. The summed E-state index contributed by atoms with van der Waals surface area (Å²) in [6.07, 6.45) is 0.221. The van der Waals surface area contributed by atoms with Crippen LogP contribution in [0.3, 0.4) is 0 Å². The summed E-state index contributed by atoms with van der Waals surface area (Å²) in [5.41, 5.74) is 5.43. The third-order valence-corrected chi connectivity index (χ3v) is 4.91. The summed E-state index contributed by atoms with van der Waals surface area (Å²) >= 11 is 0. The molecule has 3 aromatic rings. The Morgan fingerprint density at radius 3 is 2.70 bits per heavy atom. The van der Waals surface area contributed by atoms with Gasteiger partial charge in [-0.05, 0) is 49.6 Å². The topological polar surface area (TPSA) is 77.2 Å². The van der Waals surface area contributed by atoms with Gasteiger partial charge in [0, 0.05) is 24.0 Å². The van der Waals surface area contributed by atoms with Gasteiger partial charge in [0.1, 0.15) is 0 Å². The van der Waals surface area contributed by atoms with E-state index in [9.17, 15) is 9.90 Å². The lowest BCUT2D eigenvalue weighted by Crippen LogP contribution is -2.14. The first-order valence-corrected chi connectivity index (χ1v) is 9.10. The molecule has 2 aromatic heterocycles. The second kappa shape index (κ2) is 7.88. The average Bonchev–Trinajstić information content (AvgIpc) is 2.96. The minimum atomic E-state index is -0.249. The monoisotopic (exact) mass is 367 g/mol. The molecule has 0 bridgehead atoms. The van der Waals surface area contributed by atoms with Crippen LogP contribution in [0, 0.1) is 13.8 Å². The van der Waals surface area contributed by atoms with E-state index in [2.05, 4.69) is 16.3 Å². The SMILES string of the molecule is CCOC(=O)CC(c1ccc(C)c(CO)c1)c1cc2cc(C)nnc2n1C. The zero-order chi connectivity index (χ0) is 19.6. The minimum absolute atomic E-state index is 0.0361. The highest BCUT2D eigenvalue weighted by Gasteiger charge is 2.24. The van der Waals surface area contributed by atoms with E-state index in [1.165, 1.54) is 0 Å². The first-order valence-electron chi connectivity index (χ1n) is 9.10. The van der Waals surface area contributed by atoms with E-state index in [1.54, 1.807) is 6.92 Å². The highest BCUT2D eigenvalue weighted by atomic mass is 16.5. The summed E-state index contributed by atoms with van der Waals surface area (Å²) in [6, 6.07) is 9.99. The van der Waals surface area contributed by atoms with Crippen molar-refractivity contribution in [3.8, 4) is 0 Å². The summed E-state index contributed by atoms with van der Waals surface area (Å²) in [7, 11) is 1.93. The molecular weight excluding hydrogens is 342 g/mol. The maximum atomic E-state index is 12.3. The number of aryl methyl sites for hydroxylation is 3. The number of hydrogen-bond donors (Lipinski definition) is 1. The molecule has 6 heteroatoms. The van der Waals surface area contributed by atoms with Gasteiger partial charge in [0.25, 0.3) is 0 Å². The Hall–Kier alpha value is -2.73. The largest absolute Gasteiger partial charge is 0.466 e. The van der Waals surface area contributed by atoms with E-state index in [4.69, 9.17) is 4.74 Å². The third-order valence-electron chi connectivity index (χ3n) is 4.91. The molecule has 142 valence electrons. The molecule has 2 heterocycles. The van der Waals surface area contributed by atoms with Gasteiger partial charge < -0.3 is 14.4 Å². The van der Waals surface area contributed by atoms with Crippen LogP contribution in [0.5, 0.6) is 0 Å². The van der Waals surface area contributed by atoms with Crippen LogP contribution >= 0.6 is 0 Å². The maximum absolute atomic E-state index is 12.3. The number of rotatable bonds is 6. The first kappa shape index (κ1) is 19.0. The van der Waals surface area contributed by atoms with Gasteiger partial charge in [-0.3, -0.25) is 4.79 Å². The summed E-state index contributed by atoms with van der Waals surface area (Å²) in [6.45, 7) is 5.98. The Kier molecular flexibility index (Phi) is 5.56. The van der Waals surface area contributed by atoms with E-state index < -0.39 is 0 Å². The third kappa shape index (κ3) is 3.85. The predicted octanol–water partition coefficient (Wildman–Crippen LogP) is 3.16. The van der Waals surface area contributed by atoms with Gasteiger partial charge in [-0.25, -0.2) is 0 Å². The number of hydrogen-bond acceptors (Lipinski definition) is 5. The quantitative estimate of drug-likeness (QED) is 0.677. The molecule has 0 saturated heterocycles. The Labute approximate surface area is 158 Å². The van der Waals surface area contributed by atoms with Gasteiger partial charge in [0.05, 0.1) is 25.3 Å². The highest BCUT2D eigenvalue weighted by molar-refractivity contribution is 5.78. The number of esters is 1. The maximum Gasteiger partial charge on any atom is 0.306 e. The van der Waals surface area contributed by atoms with Crippen LogP contribution in [-0.2, 0) is 23.2 Å². The van der Waals surface area contributed by atoms with Gasteiger partial charge in [0.15, 0.2) is 5.65 Å². The number of nitrogens with zero attached hydrogens (tertiary/aromatic N) is 3. The van der Waals surface area contributed by atoms with Gasteiger partial charge in [-0.1, -0.05) is 18.2 Å². The summed E-state index contributed by atoms with van der Waals surface area (Å²) < 4.78 is 7.18. The number of benzene rings is 1. The number of aliphatic hydroxyl groups is 1. The van der Waals surface area contributed by atoms with Crippen LogP contribution < -0.4 is 0 Å². The van der Waals surface area contributed by atoms with Gasteiger partial charge in [0.2, 0.25) is 0 Å². The molecule has 0 aliphatic carbocycles. The highest BCUT2D eigenvalue weighted by Crippen LogP contribution is 2.33. The van der Waals surface area contributed by atoms with Crippen molar-refractivity contribution < 1.29 is 14.6 Å². The molecule has 0 aliphatic rings. The van der Waals surface area contributed by atoms with Crippen molar-refractivity contribution in [1.82, 2.24) is 14.8 Å². The van der Waals surface area contributed by atoms with Crippen LogP contribution in [-0.4, -0.2) is 32.4 Å². The molecule has 27 heavy (non-hydrogen) atoms. The molecule has 0 amide bonds. The van der Waals surface area contributed by atoms with Gasteiger partial charge in [-0.2, -0.15) is 5.10 Å². The molecule has 1 atom stereocenters. The van der Waals surface area contributed by atoms with Crippen molar-refractivity contribution in [2.45, 2.75) is 39.7 Å². The number of carbonyl (C=O) groups excluding carboxylic acids is 1. The standard InChI is InChI=1S/C21H25N3O3/c1-5-27-20(26)11-18(15-7-6-13(2)17(9-15)12-25)19-10-16-8-14(3)22-23-21(16)24(19)4/h6-10,18,25H,5,11-12H2,1-4H3. The van der Waals surface area contributed by atoms with Crippen molar-refractivity contribution in [3.05, 3.63) is 58.4 Å². The number of fused-ring (bicyclic) bond motifs is 1. The van der Waals surface area contributed by atoms with E-state index in [1.807, 2.05) is 49.7 Å². The van der Waals surface area contributed by atoms with Crippen molar-refractivity contribution in [2.75, 3.05) is 6.61 Å². The fourth-order valence-electron chi connectivity index (χ4n) is 3.44. The Morgan fingerprint density at radius 2 is 2.00 bits per heavy atom. The summed E-state index contributed by atoms with van der Waals surface area (Å²) in [4.78, 5) is 12.3. The average molecular weight is 367 g/mol. The molecule has 0 saturated carbocycles. The predicted molar refractivity (Wildman–Crippen MR) is 103 cm³/mol. The molecule has 6 nitrogen and oxygen atoms in total. The second-order valence-electron chi connectivity index (χ2n) is 6.80. The van der Waals surface area contributed by atoms with Crippen molar-refractivity contribution in [3.63, 3.8) is 0 Å². The molecule has 3 rings (SSSR count). The Bertz CT molecular complexity index is 978. The molecule has 0 aliphatic heterocycles. The molecule has 1 unspecified atom stereocenters. The molecule has 1 N–H and O–H groups in total. The minimum Gasteiger partial charge on any atom is -0.466 e. The van der Waals surface area contributed by atoms with Gasteiger partial charge in [-0.15, -0.1) is 5.10 Å². The van der Waals surface area contributed by atoms with E-state index in [0.717, 1.165) is 39.1 Å². The molecule has 1 aromatic carbocycles. The molecule has 0 radical (unpaired) electrons. The summed E-state index contributed by atoms with van der Waals surface area (Å²) in [5.74, 6) is -0.449.